The first-order valence-electron chi connectivity index (χ1n) is 13.5. The van der Waals surface area contributed by atoms with Crippen LogP contribution in [0.2, 0.25) is 0 Å². The SMILES string of the molecule is COc1cccc(CCC(=O)N2CCN(c3ccc(-c4cc(-c5cnn(C)c5)cn5ncc(C#N)c45)cn3)CC2)c1. The summed E-state index contributed by atoms with van der Waals surface area (Å²) in [6.45, 7) is 2.77. The molecule has 1 aliphatic heterocycles. The molecule has 10 nitrogen and oxygen atoms in total. The molecule has 1 aliphatic rings. The maximum absolute atomic E-state index is 12.9. The number of piperazine rings is 1. The fourth-order valence-corrected chi connectivity index (χ4v) is 5.31. The zero-order valence-electron chi connectivity index (χ0n) is 23.1. The number of hydrogen-bond donors (Lipinski definition) is 0. The summed E-state index contributed by atoms with van der Waals surface area (Å²) < 4.78 is 8.79. The lowest BCUT2D eigenvalue weighted by molar-refractivity contribution is -0.131. The van der Waals surface area contributed by atoms with Crippen LogP contribution in [0.1, 0.15) is 17.5 Å². The molecule has 5 heterocycles. The summed E-state index contributed by atoms with van der Waals surface area (Å²) >= 11 is 0. The van der Waals surface area contributed by atoms with Crippen LogP contribution in [-0.4, -0.2) is 68.5 Å². The van der Waals surface area contributed by atoms with Crippen LogP contribution in [0, 0.1) is 11.3 Å². The van der Waals surface area contributed by atoms with Gasteiger partial charge in [0.1, 0.15) is 17.6 Å². The quantitative estimate of drug-likeness (QED) is 0.304. The zero-order valence-corrected chi connectivity index (χ0v) is 23.1. The van der Waals surface area contributed by atoms with E-state index in [1.54, 1.807) is 22.5 Å². The number of pyridine rings is 2. The molecule has 0 aliphatic carbocycles. The summed E-state index contributed by atoms with van der Waals surface area (Å²) in [5, 5.41) is 18.4. The minimum absolute atomic E-state index is 0.169. The Morgan fingerprint density at radius 1 is 0.976 bits per heavy atom. The molecule has 0 N–H and O–H groups in total. The van der Waals surface area contributed by atoms with Gasteiger partial charge in [0.2, 0.25) is 5.91 Å². The number of benzene rings is 1. The molecule has 6 rings (SSSR count). The second kappa shape index (κ2) is 11.1. The molecule has 4 aromatic heterocycles. The lowest BCUT2D eigenvalue weighted by Crippen LogP contribution is -2.49. The molecular formula is C31H30N8O2. The van der Waals surface area contributed by atoms with E-state index in [1.807, 2.05) is 73.1 Å². The van der Waals surface area contributed by atoms with Crippen molar-refractivity contribution in [2.75, 3.05) is 38.2 Å². The minimum atomic E-state index is 0.169. The van der Waals surface area contributed by atoms with E-state index in [-0.39, 0.29) is 5.91 Å². The third-order valence-corrected chi connectivity index (χ3v) is 7.55. The summed E-state index contributed by atoms with van der Waals surface area (Å²) in [6, 6.07) is 16.2. The Balaban J connectivity index is 1.15. The summed E-state index contributed by atoms with van der Waals surface area (Å²) in [5.74, 6) is 1.84. The molecule has 0 saturated carbocycles. The predicted molar refractivity (Wildman–Crippen MR) is 155 cm³/mol. The highest BCUT2D eigenvalue weighted by Gasteiger charge is 2.22. The smallest absolute Gasteiger partial charge is 0.223 e. The van der Waals surface area contributed by atoms with E-state index in [1.165, 1.54) is 0 Å². The van der Waals surface area contributed by atoms with Crippen molar-refractivity contribution in [3.8, 4) is 34.1 Å². The first-order valence-corrected chi connectivity index (χ1v) is 13.5. The highest BCUT2D eigenvalue weighted by Crippen LogP contribution is 2.32. The second-order valence-corrected chi connectivity index (χ2v) is 10.1. The summed E-state index contributed by atoms with van der Waals surface area (Å²) in [4.78, 5) is 21.8. The number of carbonyl (C=O) groups is 1. The largest absolute Gasteiger partial charge is 0.497 e. The van der Waals surface area contributed by atoms with Crippen LogP contribution in [0.3, 0.4) is 0 Å². The number of ether oxygens (including phenoxy) is 1. The van der Waals surface area contributed by atoms with Gasteiger partial charge in [0.15, 0.2) is 0 Å². The van der Waals surface area contributed by atoms with Gasteiger partial charge in [-0.15, -0.1) is 0 Å². The monoisotopic (exact) mass is 546 g/mol. The molecule has 206 valence electrons. The maximum Gasteiger partial charge on any atom is 0.223 e. The summed E-state index contributed by atoms with van der Waals surface area (Å²) in [5.41, 5.74) is 6.04. The van der Waals surface area contributed by atoms with Crippen molar-refractivity contribution in [2.45, 2.75) is 12.8 Å². The number of amides is 1. The Morgan fingerprint density at radius 2 is 1.83 bits per heavy atom. The van der Waals surface area contributed by atoms with Gasteiger partial charge in [0.05, 0.1) is 30.6 Å². The van der Waals surface area contributed by atoms with Crippen LogP contribution in [0.25, 0.3) is 27.8 Å². The lowest BCUT2D eigenvalue weighted by atomic mass is 10.0. The predicted octanol–water partition coefficient (Wildman–Crippen LogP) is 3.96. The minimum Gasteiger partial charge on any atom is -0.497 e. The number of nitriles is 1. The third-order valence-electron chi connectivity index (χ3n) is 7.55. The van der Waals surface area contributed by atoms with Crippen LogP contribution >= 0.6 is 0 Å². The van der Waals surface area contributed by atoms with Crippen LogP contribution in [-0.2, 0) is 18.3 Å². The Kier molecular flexibility index (Phi) is 7.08. The van der Waals surface area contributed by atoms with Crippen LogP contribution in [0.5, 0.6) is 5.75 Å². The second-order valence-electron chi connectivity index (χ2n) is 10.1. The van der Waals surface area contributed by atoms with Crippen LogP contribution in [0.15, 0.2) is 73.4 Å². The van der Waals surface area contributed by atoms with Gasteiger partial charge in [-0.25, -0.2) is 9.50 Å². The maximum atomic E-state index is 12.9. The molecule has 0 atom stereocenters. The molecule has 10 heteroatoms. The molecule has 1 saturated heterocycles. The number of hydrogen-bond acceptors (Lipinski definition) is 7. The van der Waals surface area contributed by atoms with Crippen molar-refractivity contribution in [1.82, 2.24) is 29.3 Å². The number of fused-ring (bicyclic) bond motifs is 1. The molecule has 0 unspecified atom stereocenters. The van der Waals surface area contributed by atoms with Gasteiger partial charge in [-0.1, -0.05) is 12.1 Å². The molecule has 1 amide bonds. The normalized spacial score (nSPS) is 13.4. The van der Waals surface area contributed by atoms with Gasteiger partial charge in [-0.05, 0) is 42.3 Å². The van der Waals surface area contributed by atoms with Crippen molar-refractivity contribution in [3.05, 3.63) is 84.6 Å². The molecule has 41 heavy (non-hydrogen) atoms. The summed E-state index contributed by atoms with van der Waals surface area (Å²) in [6.07, 6.45) is 10.3. The van der Waals surface area contributed by atoms with E-state index in [9.17, 15) is 10.1 Å². The molecule has 1 aromatic carbocycles. The first-order chi connectivity index (χ1) is 20.0. The Bertz CT molecular complexity index is 1740. The van der Waals surface area contributed by atoms with Crippen molar-refractivity contribution < 1.29 is 9.53 Å². The van der Waals surface area contributed by atoms with Gasteiger partial charge in [0, 0.05) is 80.5 Å². The van der Waals surface area contributed by atoms with Crippen LogP contribution < -0.4 is 9.64 Å². The zero-order chi connectivity index (χ0) is 28.3. The summed E-state index contributed by atoms with van der Waals surface area (Å²) in [7, 11) is 3.53. The Hall–Kier alpha value is -5.17. The Labute approximate surface area is 238 Å². The number of methoxy groups -OCH3 is 1. The van der Waals surface area contributed by atoms with E-state index in [4.69, 9.17) is 9.72 Å². The van der Waals surface area contributed by atoms with E-state index >= 15 is 0 Å². The Morgan fingerprint density at radius 3 is 2.54 bits per heavy atom. The average Bonchev–Trinajstić information content (AvgIpc) is 3.65. The highest BCUT2D eigenvalue weighted by molar-refractivity contribution is 5.87. The van der Waals surface area contributed by atoms with E-state index in [2.05, 4.69) is 27.2 Å². The number of aryl methyl sites for hydroxylation is 2. The number of anilines is 1. The average molecular weight is 547 g/mol. The van der Waals surface area contributed by atoms with Crippen molar-refractivity contribution in [1.29, 1.82) is 5.26 Å². The molecular weight excluding hydrogens is 516 g/mol. The number of nitrogens with zero attached hydrogens (tertiary/aromatic N) is 8. The van der Waals surface area contributed by atoms with Gasteiger partial charge < -0.3 is 14.5 Å². The number of aromatic nitrogens is 5. The van der Waals surface area contributed by atoms with Crippen molar-refractivity contribution >= 4 is 17.2 Å². The third kappa shape index (κ3) is 5.34. The van der Waals surface area contributed by atoms with Gasteiger partial charge >= 0.3 is 0 Å². The molecule has 0 radical (unpaired) electrons. The van der Waals surface area contributed by atoms with Gasteiger partial charge in [0.25, 0.3) is 0 Å². The fraction of sp³-hybridized carbons (Fsp3) is 0.258. The number of rotatable bonds is 7. The van der Waals surface area contributed by atoms with E-state index < -0.39 is 0 Å². The van der Waals surface area contributed by atoms with Crippen molar-refractivity contribution in [3.63, 3.8) is 0 Å². The molecule has 5 aromatic rings. The van der Waals surface area contributed by atoms with E-state index in [0.29, 0.717) is 31.5 Å². The van der Waals surface area contributed by atoms with Crippen LogP contribution in [0.4, 0.5) is 5.82 Å². The highest BCUT2D eigenvalue weighted by atomic mass is 16.5. The van der Waals surface area contributed by atoms with Gasteiger partial charge in [-0.2, -0.15) is 15.5 Å². The molecule has 1 fully saturated rings. The van der Waals surface area contributed by atoms with E-state index in [0.717, 1.165) is 58.0 Å². The molecule has 0 bridgehead atoms. The van der Waals surface area contributed by atoms with Crippen molar-refractivity contribution in [2.24, 2.45) is 7.05 Å². The number of carbonyl (C=O) groups excluding carboxylic acids is 1. The van der Waals surface area contributed by atoms with Gasteiger partial charge in [-0.3, -0.25) is 9.48 Å². The molecule has 0 spiro atoms. The fourth-order valence-electron chi connectivity index (χ4n) is 5.31. The topological polar surface area (TPSA) is 105 Å². The first kappa shape index (κ1) is 26.1. The standard InChI is InChI=1S/C31H30N8O2/c1-36-20-26(19-34-36)24-15-28(31-25(16-32)18-35-39(31)21-24)23-7-8-29(33-17-23)37-10-12-38(13-11-37)30(40)9-6-22-4-3-5-27(14-22)41-2/h3-5,7-8,14-15,17-21H,6,9-13H2,1-2H3. The lowest BCUT2D eigenvalue weighted by Gasteiger charge is -2.35.